The first-order chi connectivity index (χ1) is 6.07. The summed E-state index contributed by atoms with van der Waals surface area (Å²) >= 11 is 0. The highest BCUT2D eigenvalue weighted by Gasteiger charge is 2.07. The van der Waals surface area contributed by atoms with Crippen LogP contribution in [0.5, 0.6) is 0 Å². The molecule has 0 aromatic carbocycles. The first-order valence-corrected chi connectivity index (χ1v) is 5.51. The highest BCUT2D eigenvalue weighted by atomic mass is 15.1. The maximum Gasteiger partial charge on any atom is 0.00759 e. The van der Waals surface area contributed by atoms with E-state index in [2.05, 4.69) is 45.0 Å². The van der Waals surface area contributed by atoms with Crippen LogP contribution in [0.25, 0.3) is 0 Å². The topological polar surface area (TPSA) is 15.3 Å². The van der Waals surface area contributed by atoms with Crippen LogP contribution >= 0.6 is 0 Å². The van der Waals surface area contributed by atoms with Gasteiger partial charge in [-0.2, -0.15) is 0 Å². The van der Waals surface area contributed by atoms with E-state index in [1.165, 1.54) is 19.4 Å². The summed E-state index contributed by atoms with van der Waals surface area (Å²) in [6.07, 6.45) is 2.49. The van der Waals surface area contributed by atoms with Crippen LogP contribution in [-0.2, 0) is 0 Å². The molecule has 0 amide bonds. The maximum atomic E-state index is 3.45. The highest BCUT2D eigenvalue weighted by molar-refractivity contribution is 4.65. The van der Waals surface area contributed by atoms with Crippen LogP contribution in [0.15, 0.2) is 0 Å². The number of nitrogens with one attached hydrogen (secondary N) is 1. The maximum absolute atomic E-state index is 3.45. The van der Waals surface area contributed by atoms with Gasteiger partial charge in [0.1, 0.15) is 0 Å². The molecule has 1 N–H and O–H groups in total. The van der Waals surface area contributed by atoms with Crippen LogP contribution in [0.2, 0.25) is 0 Å². The highest BCUT2D eigenvalue weighted by Crippen LogP contribution is 2.00. The molecule has 0 fully saturated rings. The minimum Gasteiger partial charge on any atom is -0.314 e. The number of rotatable bonds is 7. The van der Waals surface area contributed by atoms with Gasteiger partial charge in [-0.05, 0) is 39.9 Å². The van der Waals surface area contributed by atoms with Crippen LogP contribution in [0.1, 0.15) is 40.5 Å². The van der Waals surface area contributed by atoms with E-state index in [9.17, 15) is 0 Å². The predicted octanol–water partition coefficient (Wildman–Crippen LogP) is 2.10. The van der Waals surface area contributed by atoms with Crippen LogP contribution in [0.3, 0.4) is 0 Å². The van der Waals surface area contributed by atoms with Gasteiger partial charge in [0.2, 0.25) is 0 Å². The van der Waals surface area contributed by atoms with E-state index in [0.29, 0.717) is 12.1 Å². The molecular weight excluding hydrogens is 160 g/mol. The Balaban J connectivity index is 3.43. The molecule has 1 atom stereocenters. The van der Waals surface area contributed by atoms with Gasteiger partial charge in [0.15, 0.2) is 0 Å². The molecule has 0 saturated carbocycles. The van der Waals surface area contributed by atoms with Crippen LogP contribution in [0, 0.1) is 0 Å². The molecule has 0 rings (SSSR count). The van der Waals surface area contributed by atoms with Gasteiger partial charge in [-0.3, -0.25) is 0 Å². The first-order valence-electron chi connectivity index (χ1n) is 5.51. The van der Waals surface area contributed by atoms with Crippen molar-refractivity contribution in [2.75, 3.05) is 20.1 Å². The van der Waals surface area contributed by atoms with Gasteiger partial charge in [-0.1, -0.05) is 20.8 Å². The van der Waals surface area contributed by atoms with E-state index >= 15 is 0 Å². The summed E-state index contributed by atoms with van der Waals surface area (Å²) in [4.78, 5) is 2.43. The van der Waals surface area contributed by atoms with Gasteiger partial charge < -0.3 is 10.2 Å². The summed E-state index contributed by atoms with van der Waals surface area (Å²) in [6.45, 7) is 11.3. The molecule has 0 saturated heterocycles. The summed E-state index contributed by atoms with van der Waals surface area (Å²) in [7, 11) is 2.21. The van der Waals surface area contributed by atoms with Crippen molar-refractivity contribution in [2.45, 2.75) is 52.6 Å². The molecule has 0 heterocycles. The molecule has 2 heteroatoms. The van der Waals surface area contributed by atoms with E-state index in [-0.39, 0.29) is 0 Å². The standard InChI is InChI=1S/C11H26N2/c1-6-9-13(5)11(4)7-8-12-10(2)3/h10-12H,6-9H2,1-5H3. The molecule has 0 aromatic rings. The molecule has 13 heavy (non-hydrogen) atoms. The zero-order valence-corrected chi connectivity index (χ0v) is 9.93. The predicted molar refractivity (Wildman–Crippen MR) is 60.1 cm³/mol. The van der Waals surface area contributed by atoms with Gasteiger partial charge in [0, 0.05) is 12.1 Å². The van der Waals surface area contributed by atoms with Crippen LogP contribution in [-0.4, -0.2) is 37.1 Å². The number of hydrogen-bond donors (Lipinski definition) is 1. The average Bonchev–Trinajstić information content (AvgIpc) is 2.04. The lowest BCUT2D eigenvalue weighted by Crippen LogP contribution is -2.34. The molecule has 0 aliphatic rings. The molecule has 0 spiro atoms. The van der Waals surface area contributed by atoms with E-state index in [1.54, 1.807) is 0 Å². The molecule has 2 nitrogen and oxygen atoms in total. The number of nitrogens with zero attached hydrogens (tertiary/aromatic N) is 1. The Morgan fingerprint density at radius 1 is 1.23 bits per heavy atom. The van der Waals surface area contributed by atoms with Crippen molar-refractivity contribution in [3.05, 3.63) is 0 Å². The third-order valence-electron chi connectivity index (χ3n) is 2.44. The fourth-order valence-corrected chi connectivity index (χ4v) is 1.37. The third-order valence-corrected chi connectivity index (χ3v) is 2.44. The zero-order chi connectivity index (χ0) is 10.3. The Bertz CT molecular complexity index is 113. The summed E-state index contributed by atoms with van der Waals surface area (Å²) in [6, 6.07) is 1.31. The van der Waals surface area contributed by atoms with Gasteiger partial charge in [0.05, 0.1) is 0 Å². The van der Waals surface area contributed by atoms with Gasteiger partial charge >= 0.3 is 0 Å². The molecular formula is C11H26N2. The molecule has 0 aromatic heterocycles. The Hall–Kier alpha value is -0.0800. The summed E-state index contributed by atoms with van der Waals surface area (Å²) in [5.41, 5.74) is 0. The lowest BCUT2D eigenvalue weighted by molar-refractivity contribution is 0.244. The van der Waals surface area contributed by atoms with E-state index in [4.69, 9.17) is 0 Å². The Morgan fingerprint density at radius 3 is 2.31 bits per heavy atom. The summed E-state index contributed by atoms with van der Waals surface area (Å²) in [5, 5.41) is 3.45. The van der Waals surface area contributed by atoms with Crippen molar-refractivity contribution in [1.82, 2.24) is 10.2 Å². The smallest absolute Gasteiger partial charge is 0.00759 e. The molecule has 1 unspecified atom stereocenters. The van der Waals surface area contributed by atoms with E-state index in [0.717, 1.165) is 6.54 Å². The second kappa shape index (κ2) is 7.34. The number of hydrogen-bond acceptors (Lipinski definition) is 2. The Morgan fingerprint density at radius 2 is 1.85 bits per heavy atom. The van der Waals surface area contributed by atoms with Gasteiger partial charge in [-0.25, -0.2) is 0 Å². The lowest BCUT2D eigenvalue weighted by Gasteiger charge is -2.24. The van der Waals surface area contributed by atoms with Crippen molar-refractivity contribution >= 4 is 0 Å². The molecule has 0 aliphatic carbocycles. The minimum atomic E-state index is 0.615. The molecule has 0 radical (unpaired) electrons. The minimum absolute atomic E-state index is 0.615. The molecule has 0 aliphatic heterocycles. The Labute approximate surface area is 83.7 Å². The second-order valence-electron chi connectivity index (χ2n) is 4.23. The monoisotopic (exact) mass is 186 g/mol. The normalized spacial score (nSPS) is 14.1. The van der Waals surface area contributed by atoms with Gasteiger partial charge in [0.25, 0.3) is 0 Å². The van der Waals surface area contributed by atoms with Crippen molar-refractivity contribution in [1.29, 1.82) is 0 Å². The zero-order valence-electron chi connectivity index (χ0n) is 9.93. The van der Waals surface area contributed by atoms with E-state index in [1.807, 2.05) is 0 Å². The lowest BCUT2D eigenvalue weighted by atomic mass is 10.2. The quantitative estimate of drug-likeness (QED) is 0.655. The largest absolute Gasteiger partial charge is 0.314 e. The molecule has 80 valence electrons. The van der Waals surface area contributed by atoms with Crippen molar-refractivity contribution in [3.63, 3.8) is 0 Å². The molecule has 0 bridgehead atoms. The van der Waals surface area contributed by atoms with Gasteiger partial charge in [-0.15, -0.1) is 0 Å². The van der Waals surface area contributed by atoms with Crippen molar-refractivity contribution in [3.8, 4) is 0 Å². The van der Waals surface area contributed by atoms with Crippen molar-refractivity contribution in [2.24, 2.45) is 0 Å². The SMILES string of the molecule is CCCN(C)C(C)CCNC(C)C. The third kappa shape index (κ3) is 7.03. The van der Waals surface area contributed by atoms with Crippen LogP contribution < -0.4 is 5.32 Å². The first kappa shape index (κ1) is 12.9. The van der Waals surface area contributed by atoms with Crippen LogP contribution in [0.4, 0.5) is 0 Å². The fourth-order valence-electron chi connectivity index (χ4n) is 1.37. The van der Waals surface area contributed by atoms with Crippen molar-refractivity contribution < 1.29 is 0 Å². The van der Waals surface area contributed by atoms with E-state index < -0.39 is 0 Å². The Kier molecular flexibility index (Phi) is 7.29. The fraction of sp³-hybridized carbons (Fsp3) is 1.00. The second-order valence-corrected chi connectivity index (χ2v) is 4.23. The average molecular weight is 186 g/mol. The summed E-state index contributed by atoms with van der Waals surface area (Å²) < 4.78 is 0. The summed E-state index contributed by atoms with van der Waals surface area (Å²) in [5.74, 6) is 0.